The summed E-state index contributed by atoms with van der Waals surface area (Å²) < 4.78 is 4.94. The summed E-state index contributed by atoms with van der Waals surface area (Å²) in [4.78, 5) is 22.1. The van der Waals surface area contributed by atoms with Crippen molar-refractivity contribution in [1.29, 1.82) is 0 Å². The molecule has 0 spiro atoms. The van der Waals surface area contributed by atoms with Crippen LogP contribution in [0.5, 0.6) is 0 Å². The molecular weight excluding hydrogens is 193 g/mol. The monoisotopic (exact) mass is 208 g/mol. The minimum Gasteiger partial charge on any atom is -0.433 e. The minimum absolute atomic E-state index is 0. The van der Waals surface area contributed by atoms with Gasteiger partial charge in [-0.2, -0.15) is 0 Å². The molecule has 1 aliphatic rings. The van der Waals surface area contributed by atoms with Crippen LogP contribution in [0.2, 0.25) is 0 Å². The third kappa shape index (κ3) is 3.26. The van der Waals surface area contributed by atoms with Gasteiger partial charge < -0.3 is 4.74 Å². The first-order valence-corrected chi connectivity index (χ1v) is 4.27. The van der Waals surface area contributed by atoms with Gasteiger partial charge in [-0.3, -0.25) is 10.1 Å². The van der Waals surface area contributed by atoms with Gasteiger partial charge in [-0.15, -0.1) is 0 Å². The Hall–Kier alpha value is -0.0600. The minimum atomic E-state index is -0.991. The molecule has 4 nitrogen and oxygen atoms in total. The topological polar surface area (TPSA) is 55.4 Å². The summed E-state index contributed by atoms with van der Waals surface area (Å²) in [6.45, 7) is 7.63. The molecule has 74 valence electrons. The van der Waals surface area contributed by atoms with Gasteiger partial charge >= 0.3 is 35.7 Å². The fourth-order valence-electron chi connectivity index (χ4n) is 1.63. The molecule has 1 unspecified atom stereocenters. The van der Waals surface area contributed by atoms with Gasteiger partial charge in [0.2, 0.25) is 0 Å². The number of amides is 2. The third-order valence-electron chi connectivity index (χ3n) is 1.88. The van der Waals surface area contributed by atoms with E-state index in [1.807, 2.05) is 20.8 Å². The molecule has 0 aromatic carbocycles. The van der Waals surface area contributed by atoms with Crippen molar-refractivity contribution in [3.8, 4) is 0 Å². The van der Waals surface area contributed by atoms with Gasteiger partial charge in [0, 0.05) is 6.42 Å². The second-order valence-electron chi connectivity index (χ2n) is 4.81. The van der Waals surface area contributed by atoms with E-state index >= 15 is 0 Å². The predicted molar refractivity (Wildman–Crippen MR) is 47.1 cm³/mol. The average Bonchev–Trinajstić information content (AvgIpc) is 2.00. The molecule has 0 saturated carbocycles. The first-order valence-electron chi connectivity index (χ1n) is 4.27. The standard InChI is InChI=1S/C9H15NO3.Na/c1-8(2,3)5-9(4)6(11)10-7(12)13-9;/h5H2,1-4H3,(H,10,11,12);/q;+1. The van der Waals surface area contributed by atoms with Crippen LogP contribution in [0.25, 0.3) is 0 Å². The van der Waals surface area contributed by atoms with Gasteiger partial charge in [0.25, 0.3) is 5.91 Å². The van der Waals surface area contributed by atoms with E-state index in [1.54, 1.807) is 6.92 Å². The summed E-state index contributed by atoms with van der Waals surface area (Å²) in [5.74, 6) is -0.340. The maximum atomic E-state index is 11.3. The number of hydrogen-bond acceptors (Lipinski definition) is 3. The molecule has 0 radical (unpaired) electrons. The molecule has 1 fully saturated rings. The summed E-state index contributed by atoms with van der Waals surface area (Å²) in [6, 6.07) is 0. The molecule has 0 bridgehead atoms. The molecule has 0 aromatic rings. The molecular formula is C9H15NNaO3+. The second-order valence-corrected chi connectivity index (χ2v) is 4.81. The van der Waals surface area contributed by atoms with Gasteiger partial charge in [0.05, 0.1) is 0 Å². The zero-order valence-electron chi connectivity index (χ0n) is 9.43. The van der Waals surface area contributed by atoms with Crippen LogP contribution in [0.15, 0.2) is 0 Å². The van der Waals surface area contributed by atoms with Crippen molar-refractivity contribution in [3.05, 3.63) is 0 Å². The van der Waals surface area contributed by atoms with E-state index in [0.717, 1.165) is 0 Å². The Labute approximate surface area is 106 Å². The quantitative estimate of drug-likeness (QED) is 0.531. The Balaban J connectivity index is 0.00000169. The summed E-state index contributed by atoms with van der Waals surface area (Å²) in [6.07, 6.45) is -0.117. The van der Waals surface area contributed by atoms with Crippen molar-refractivity contribution in [2.24, 2.45) is 5.41 Å². The maximum Gasteiger partial charge on any atom is 1.00 e. The van der Waals surface area contributed by atoms with E-state index in [4.69, 9.17) is 4.74 Å². The van der Waals surface area contributed by atoms with Gasteiger partial charge in [0.1, 0.15) is 0 Å². The number of rotatable bonds is 1. The maximum absolute atomic E-state index is 11.3. The zero-order valence-corrected chi connectivity index (χ0v) is 11.4. The number of hydrogen-bond donors (Lipinski definition) is 1. The summed E-state index contributed by atoms with van der Waals surface area (Å²) in [7, 11) is 0. The van der Waals surface area contributed by atoms with Crippen LogP contribution < -0.4 is 34.9 Å². The van der Waals surface area contributed by atoms with E-state index in [-0.39, 0.29) is 40.9 Å². The van der Waals surface area contributed by atoms with Gasteiger partial charge in [-0.25, -0.2) is 4.79 Å². The fourth-order valence-corrected chi connectivity index (χ4v) is 1.63. The Morgan fingerprint density at radius 2 is 1.86 bits per heavy atom. The van der Waals surface area contributed by atoms with Crippen molar-refractivity contribution in [2.45, 2.75) is 39.7 Å². The number of carbonyl (C=O) groups excluding carboxylic acids is 2. The molecule has 14 heavy (non-hydrogen) atoms. The predicted octanol–water partition coefficient (Wildman–Crippen LogP) is -1.55. The molecule has 0 aliphatic carbocycles. The summed E-state index contributed by atoms with van der Waals surface area (Å²) in [5.41, 5.74) is -1.04. The molecule has 1 rings (SSSR count). The molecule has 1 heterocycles. The zero-order chi connectivity index (χ0) is 10.3. The van der Waals surface area contributed by atoms with Crippen LogP contribution in [0.4, 0.5) is 4.79 Å². The van der Waals surface area contributed by atoms with Crippen LogP contribution in [0.3, 0.4) is 0 Å². The normalized spacial score (nSPS) is 26.6. The van der Waals surface area contributed by atoms with Crippen LogP contribution in [-0.4, -0.2) is 17.6 Å². The van der Waals surface area contributed by atoms with Gasteiger partial charge in [0.15, 0.2) is 5.60 Å². The van der Waals surface area contributed by atoms with Crippen molar-refractivity contribution in [3.63, 3.8) is 0 Å². The number of carbonyl (C=O) groups is 2. The Kier molecular flexibility index (Phi) is 4.19. The summed E-state index contributed by atoms with van der Waals surface area (Å²) >= 11 is 0. The van der Waals surface area contributed by atoms with E-state index < -0.39 is 11.7 Å². The SMILES string of the molecule is CC(C)(C)CC1(C)OC(=O)NC1=O.[Na+]. The summed E-state index contributed by atoms with van der Waals surface area (Å²) in [5, 5.41) is 2.13. The molecule has 2 amide bonds. The number of alkyl carbamates (subject to hydrolysis) is 1. The van der Waals surface area contributed by atoms with Crippen molar-refractivity contribution in [2.75, 3.05) is 0 Å². The van der Waals surface area contributed by atoms with Crippen LogP contribution in [0.1, 0.15) is 34.1 Å². The van der Waals surface area contributed by atoms with E-state index in [9.17, 15) is 9.59 Å². The second kappa shape index (κ2) is 4.21. The smallest absolute Gasteiger partial charge is 0.433 e. The first-order chi connectivity index (χ1) is 5.73. The van der Waals surface area contributed by atoms with Gasteiger partial charge in [-0.05, 0) is 12.3 Å². The fraction of sp³-hybridized carbons (Fsp3) is 0.778. The van der Waals surface area contributed by atoms with E-state index in [0.29, 0.717) is 6.42 Å². The molecule has 5 heteroatoms. The average molecular weight is 208 g/mol. The van der Waals surface area contributed by atoms with E-state index in [1.165, 1.54) is 0 Å². The first kappa shape index (κ1) is 13.9. The Morgan fingerprint density at radius 3 is 2.14 bits per heavy atom. The van der Waals surface area contributed by atoms with E-state index in [2.05, 4.69) is 5.32 Å². The number of ether oxygens (including phenoxy) is 1. The van der Waals surface area contributed by atoms with Crippen LogP contribution in [-0.2, 0) is 9.53 Å². The third-order valence-corrected chi connectivity index (χ3v) is 1.88. The number of cyclic esters (lactones) is 1. The van der Waals surface area contributed by atoms with Crippen molar-refractivity contribution < 1.29 is 43.9 Å². The molecule has 1 aliphatic heterocycles. The molecule has 1 saturated heterocycles. The molecule has 0 aromatic heterocycles. The van der Waals surface area contributed by atoms with Crippen molar-refractivity contribution >= 4 is 12.0 Å². The molecule has 1 N–H and O–H groups in total. The number of imide groups is 1. The van der Waals surface area contributed by atoms with Gasteiger partial charge in [-0.1, -0.05) is 20.8 Å². The Morgan fingerprint density at radius 1 is 1.36 bits per heavy atom. The Bertz CT molecular complexity index is 259. The number of nitrogens with one attached hydrogen (secondary N) is 1. The molecule has 1 atom stereocenters. The van der Waals surface area contributed by atoms with Crippen LogP contribution in [0, 0.1) is 5.41 Å². The largest absolute Gasteiger partial charge is 1.00 e. The van der Waals surface area contributed by atoms with Crippen molar-refractivity contribution in [1.82, 2.24) is 5.32 Å². The van der Waals surface area contributed by atoms with Crippen LogP contribution >= 0.6 is 0 Å².